The van der Waals surface area contributed by atoms with E-state index in [2.05, 4.69) is 47.9 Å². The van der Waals surface area contributed by atoms with Crippen LogP contribution >= 0.6 is 27.3 Å². The van der Waals surface area contributed by atoms with Crippen molar-refractivity contribution in [3.05, 3.63) is 20.8 Å². The van der Waals surface area contributed by atoms with Gasteiger partial charge in [-0.3, -0.25) is 9.69 Å². The Bertz CT molecular complexity index is 447. The molecule has 19 heavy (non-hydrogen) atoms. The minimum Gasteiger partial charge on any atom is -0.297 e. The summed E-state index contributed by atoms with van der Waals surface area (Å²) in [6.07, 6.45) is 4.91. The molecular weight excluding hydrogens is 322 g/mol. The van der Waals surface area contributed by atoms with Gasteiger partial charge in [-0.05, 0) is 73.8 Å². The summed E-state index contributed by atoms with van der Waals surface area (Å²) in [5.74, 6) is 1.15. The van der Waals surface area contributed by atoms with E-state index < -0.39 is 0 Å². The molecule has 0 atom stereocenters. The van der Waals surface area contributed by atoms with Crippen molar-refractivity contribution >= 4 is 33.0 Å². The van der Waals surface area contributed by atoms with Crippen LogP contribution in [0.3, 0.4) is 0 Å². The molecule has 1 aliphatic carbocycles. The summed E-state index contributed by atoms with van der Waals surface area (Å²) in [7, 11) is 4.11. The van der Waals surface area contributed by atoms with Gasteiger partial charge in [0.2, 0.25) is 0 Å². The maximum atomic E-state index is 12.8. The molecule has 106 valence electrons. The predicted molar refractivity (Wildman–Crippen MR) is 84.8 cm³/mol. The monoisotopic (exact) mass is 343 g/mol. The van der Waals surface area contributed by atoms with Crippen molar-refractivity contribution < 1.29 is 4.79 Å². The second-order valence-corrected chi connectivity index (χ2v) is 8.46. The zero-order valence-corrected chi connectivity index (χ0v) is 14.3. The molecule has 2 nitrogen and oxygen atoms in total. The Balaban J connectivity index is 2.13. The Morgan fingerprint density at radius 1 is 1.42 bits per heavy atom. The van der Waals surface area contributed by atoms with Gasteiger partial charge in [0.15, 0.2) is 5.78 Å². The van der Waals surface area contributed by atoms with Crippen molar-refractivity contribution in [2.24, 2.45) is 5.92 Å². The summed E-state index contributed by atoms with van der Waals surface area (Å²) in [6.45, 7) is 2.29. The molecule has 0 aliphatic heterocycles. The molecule has 1 fully saturated rings. The Hall–Kier alpha value is -0.190. The van der Waals surface area contributed by atoms with Gasteiger partial charge < -0.3 is 0 Å². The van der Waals surface area contributed by atoms with Gasteiger partial charge in [0.05, 0.1) is 9.33 Å². The topological polar surface area (TPSA) is 20.3 Å². The number of rotatable bonds is 4. The number of ketones is 1. The maximum Gasteiger partial charge on any atom is 0.158 e. The summed E-state index contributed by atoms with van der Waals surface area (Å²) in [5.41, 5.74) is -0.233. The van der Waals surface area contributed by atoms with Crippen LogP contribution in [0.4, 0.5) is 0 Å². The van der Waals surface area contributed by atoms with Crippen molar-refractivity contribution in [3.63, 3.8) is 0 Å². The zero-order valence-electron chi connectivity index (χ0n) is 11.9. The van der Waals surface area contributed by atoms with Gasteiger partial charge in [-0.25, -0.2) is 0 Å². The lowest BCUT2D eigenvalue weighted by atomic mass is 9.73. The fraction of sp³-hybridized carbons (Fsp3) is 0.667. The predicted octanol–water partition coefficient (Wildman–Crippen LogP) is 4.13. The number of carbonyl (C=O) groups is 1. The minimum absolute atomic E-state index is 0.233. The molecule has 1 saturated carbocycles. The second-order valence-electron chi connectivity index (χ2n) is 5.91. The molecule has 0 radical (unpaired) electrons. The van der Waals surface area contributed by atoms with Crippen molar-refractivity contribution in [1.82, 2.24) is 4.90 Å². The third-order valence-corrected chi connectivity index (χ3v) is 6.06. The number of carbonyl (C=O) groups excluding carboxylic acids is 1. The third kappa shape index (κ3) is 3.29. The van der Waals surface area contributed by atoms with Gasteiger partial charge in [-0.1, -0.05) is 6.92 Å². The highest BCUT2D eigenvalue weighted by Crippen LogP contribution is 2.37. The standard InChI is InChI=1S/C15H22BrNOS/c1-11-6-8-15(9-7-11,17(2)3)13(18)10-12-4-5-14(16)19-12/h4-5,11H,6-10H2,1-3H3. The summed E-state index contributed by atoms with van der Waals surface area (Å²) < 4.78 is 1.10. The van der Waals surface area contributed by atoms with E-state index in [1.165, 1.54) is 0 Å². The van der Waals surface area contributed by atoms with Crippen LogP contribution in [0.2, 0.25) is 0 Å². The highest BCUT2D eigenvalue weighted by Gasteiger charge is 2.42. The lowest BCUT2D eigenvalue weighted by Crippen LogP contribution is -2.53. The highest BCUT2D eigenvalue weighted by molar-refractivity contribution is 9.11. The van der Waals surface area contributed by atoms with E-state index in [1.54, 1.807) is 11.3 Å². The van der Waals surface area contributed by atoms with Crippen molar-refractivity contribution in [2.45, 2.75) is 44.6 Å². The van der Waals surface area contributed by atoms with Crippen LogP contribution in [0.15, 0.2) is 15.9 Å². The molecule has 1 aromatic heterocycles. The molecule has 1 aliphatic rings. The molecule has 0 spiro atoms. The number of nitrogens with zero attached hydrogens (tertiary/aromatic N) is 1. The number of hydrogen-bond acceptors (Lipinski definition) is 3. The van der Waals surface area contributed by atoms with Crippen molar-refractivity contribution in [3.8, 4) is 0 Å². The van der Waals surface area contributed by atoms with Crippen LogP contribution < -0.4 is 0 Å². The molecule has 4 heteroatoms. The fourth-order valence-corrected chi connectivity index (χ4v) is 4.47. The Kier molecular flexibility index (Phi) is 4.85. The van der Waals surface area contributed by atoms with E-state index in [1.807, 2.05) is 6.07 Å². The molecule has 0 unspecified atom stereocenters. The van der Waals surface area contributed by atoms with Crippen LogP contribution in [0.5, 0.6) is 0 Å². The van der Waals surface area contributed by atoms with E-state index >= 15 is 0 Å². The maximum absolute atomic E-state index is 12.8. The van der Waals surface area contributed by atoms with Crippen LogP contribution in [0.1, 0.15) is 37.5 Å². The van der Waals surface area contributed by atoms with Gasteiger partial charge >= 0.3 is 0 Å². The molecule has 0 amide bonds. The lowest BCUT2D eigenvalue weighted by Gasteiger charge is -2.43. The molecule has 2 rings (SSSR count). The van der Waals surface area contributed by atoms with Gasteiger partial charge in [-0.15, -0.1) is 11.3 Å². The molecule has 0 N–H and O–H groups in total. The zero-order chi connectivity index (χ0) is 14.0. The molecule has 1 heterocycles. The van der Waals surface area contributed by atoms with Gasteiger partial charge in [0.1, 0.15) is 0 Å². The van der Waals surface area contributed by atoms with E-state index in [4.69, 9.17) is 0 Å². The number of halogens is 1. The second kappa shape index (κ2) is 6.06. The number of hydrogen-bond donors (Lipinski definition) is 0. The van der Waals surface area contributed by atoms with Crippen LogP contribution in [0, 0.1) is 5.92 Å². The minimum atomic E-state index is -0.233. The number of thiophene rings is 1. The van der Waals surface area contributed by atoms with Crippen LogP contribution in [-0.4, -0.2) is 30.3 Å². The van der Waals surface area contributed by atoms with E-state index in [0.29, 0.717) is 12.2 Å². The SMILES string of the molecule is CC1CCC(C(=O)Cc2ccc(Br)s2)(N(C)C)CC1. The molecule has 0 saturated heterocycles. The summed E-state index contributed by atoms with van der Waals surface area (Å²) in [4.78, 5) is 16.1. The summed E-state index contributed by atoms with van der Waals surface area (Å²) in [6, 6.07) is 4.08. The van der Waals surface area contributed by atoms with Crippen molar-refractivity contribution in [1.29, 1.82) is 0 Å². The Morgan fingerprint density at radius 2 is 2.05 bits per heavy atom. The Labute approximate surface area is 128 Å². The Morgan fingerprint density at radius 3 is 2.53 bits per heavy atom. The average molecular weight is 344 g/mol. The van der Waals surface area contributed by atoms with E-state index in [9.17, 15) is 4.79 Å². The summed E-state index contributed by atoms with van der Waals surface area (Å²) >= 11 is 5.13. The lowest BCUT2D eigenvalue weighted by molar-refractivity contribution is -0.131. The molecule has 1 aromatic rings. The number of likely N-dealkylation sites (N-methyl/N-ethyl adjacent to an activating group) is 1. The highest BCUT2D eigenvalue weighted by atomic mass is 79.9. The number of Topliss-reactive ketones (excluding diaryl/α,β-unsaturated/α-hetero) is 1. The van der Waals surface area contributed by atoms with Crippen LogP contribution in [0.25, 0.3) is 0 Å². The van der Waals surface area contributed by atoms with E-state index in [0.717, 1.165) is 40.3 Å². The first-order valence-electron chi connectivity index (χ1n) is 6.89. The smallest absolute Gasteiger partial charge is 0.158 e. The molecule has 0 bridgehead atoms. The first-order chi connectivity index (χ1) is 8.94. The van der Waals surface area contributed by atoms with Crippen LogP contribution in [-0.2, 0) is 11.2 Å². The third-order valence-electron chi connectivity index (χ3n) is 4.44. The van der Waals surface area contributed by atoms with Gasteiger partial charge in [0.25, 0.3) is 0 Å². The average Bonchev–Trinajstić information content (AvgIpc) is 2.75. The normalized spacial score (nSPS) is 27.7. The summed E-state index contributed by atoms with van der Waals surface area (Å²) in [5, 5.41) is 0. The van der Waals surface area contributed by atoms with Crippen molar-refractivity contribution in [2.75, 3.05) is 14.1 Å². The fourth-order valence-electron chi connectivity index (χ4n) is 2.98. The van der Waals surface area contributed by atoms with Gasteiger partial charge in [0, 0.05) is 11.3 Å². The van der Waals surface area contributed by atoms with E-state index in [-0.39, 0.29) is 5.54 Å². The van der Waals surface area contributed by atoms with Gasteiger partial charge in [-0.2, -0.15) is 0 Å². The first kappa shape index (κ1) is 15.2. The first-order valence-corrected chi connectivity index (χ1v) is 8.50. The largest absolute Gasteiger partial charge is 0.297 e. The molecular formula is C15H22BrNOS. The quantitative estimate of drug-likeness (QED) is 0.818. The molecule has 0 aromatic carbocycles.